The van der Waals surface area contributed by atoms with E-state index in [-0.39, 0.29) is 11.5 Å². The molecule has 138 valence electrons. The Hall–Kier alpha value is -3.68. The summed E-state index contributed by atoms with van der Waals surface area (Å²) in [5, 5.41) is 12.9. The number of carbonyl (C=O) groups excluding carboxylic acids is 3. The lowest BCUT2D eigenvalue weighted by molar-refractivity contribution is -0.118. The van der Waals surface area contributed by atoms with Crippen molar-refractivity contribution in [2.24, 2.45) is 5.73 Å². The third-order valence-corrected chi connectivity index (χ3v) is 4.18. The van der Waals surface area contributed by atoms with E-state index in [4.69, 9.17) is 5.73 Å². The summed E-state index contributed by atoms with van der Waals surface area (Å²) in [5.74, 6) is -1.44. The molecule has 3 aromatic rings. The van der Waals surface area contributed by atoms with Crippen molar-refractivity contribution < 1.29 is 14.4 Å². The fourth-order valence-corrected chi connectivity index (χ4v) is 2.71. The van der Waals surface area contributed by atoms with E-state index in [1.54, 1.807) is 49.5 Å². The van der Waals surface area contributed by atoms with Crippen molar-refractivity contribution in [2.45, 2.75) is 19.4 Å². The molecule has 1 aromatic heterocycles. The van der Waals surface area contributed by atoms with Crippen molar-refractivity contribution in [3.63, 3.8) is 0 Å². The number of nitrogens with one attached hydrogen (secondary N) is 3. The van der Waals surface area contributed by atoms with Crippen LogP contribution >= 0.6 is 0 Å². The number of hydrogen-bond acceptors (Lipinski definition) is 4. The standard InChI is InChI=1S/C19H19N5O3/c1-2-14(19(27)23-16-6-4-3-5-13(16)17(20)25)22-18(26)11-7-8-15-12(9-11)10-21-24-15/h3-10,14H,2H2,1H3,(H2,20,25)(H,21,24)(H,22,26)(H,23,27). The number of anilines is 1. The van der Waals surface area contributed by atoms with Crippen LogP contribution in [0, 0.1) is 0 Å². The second kappa shape index (κ2) is 7.69. The minimum absolute atomic E-state index is 0.206. The molecule has 27 heavy (non-hydrogen) atoms. The number of carbonyl (C=O) groups is 3. The van der Waals surface area contributed by atoms with Gasteiger partial charge in [-0.15, -0.1) is 0 Å². The second-order valence-corrected chi connectivity index (χ2v) is 6.01. The van der Waals surface area contributed by atoms with Crippen molar-refractivity contribution in [1.29, 1.82) is 0 Å². The number of amides is 3. The van der Waals surface area contributed by atoms with Gasteiger partial charge in [0, 0.05) is 10.9 Å². The van der Waals surface area contributed by atoms with E-state index < -0.39 is 17.9 Å². The summed E-state index contributed by atoms with van der Waals surface area (Å²) in [7, 11) is 0. The van der Waals surface area contributed by atoms with Gasteiger partial charge in [-0.25, -0.2) is 0 Å². The third-order valence-electron chi connectivity index (χ3n) is 4.18. The molecule has 0 saturated carbocycles. The zero-order valence-electron chi connectivity index (χ0n) is 14.7. The number of benzene rings is 2. The van der Waals surface area contributed by atoms with E-state index in [2.05, 4.69) is 20.8 Å². The molecule has 0 bridgehead atoms. The van der Waals surface area contributed by atoms with Gasteiger partial charge in [0.25, 0.3) is 11.8 Å². The van der Waals surface area contributed by atoms with Crippen molar-refractivity contribution in [1.82, 2.24) is 15.5 Å². The molecule has 0 saturated heterocycles. The Labute approximate surface area is 155 Å². The summed E-state index contributed by atoms with van der Waals surface area (Å²) in [6.07, 6.45) is 2.00. The number of para-hydroxylation sites is 1. The van der Waals surface area contributed by atoms with Gasteiger partial charge in [-0.05, 0) is 36.8 Å². The highest BCUT2D eigenvalue weighted by Gasteiger charge is 2.21. The molecule has 8 heteroatoms. The number of rotatable bonds is 6. The zero-order valence-corrected chi connectivity index (χ0v) is 14.7. The maximum absolute atomic E-state index is 12.6. The first-order valence-electron chi connectivity index (χ1n) is 8.43. The number of primary amides is 1. The maximum Gasteiger partial charge on any atom is 0.251 e. The summed E-state index contributed by atoms with van der Waals surface area (Å²) < 4.78 is 0. The molecule has 3 rings (SSSR count). The van der Waals surface area contributed by atoms with Gasteiger partial charge in [-0.2, -0.15) is 5.10 Å². The smallest absolute Gasteiger partial charge is 0.251 e. The third kappa shape index (κ3) is 3.95. The largest absolute Gasteiger partial charge is 0.366 e. The number of H-pyrrole nitrogens is 1. The molecule has 0 fully saturated rings. The number of hydrogen-bond donors (Lipinski definition) is 4. The Kier molecular flexibility index (Phi) is 5.16. The summed E-state index contributed by atoms with van der Waals surface area (Å²) in [4.78, 5) is 36.6. The van der Waals surface area contributed by atoms with E-state index >= 15 is 0 Å². The normalized spacial score (nSPS) is 11.7. The van der Waals surface area contributed by atoms with E-state index in [1.165, 1.54) is 6.07 Å². The minimum atomic E-state index is -0.765. The molecule has 8 nitrogen and oxygen atoms in total. The molecular formula is C19H19N5O3. The maximum atomic E-state index is 12.6. The molecule has 2 aromatic carbocycles. The van der Waals surface area contributed by atoms with Crippen molar-refractivity contribution in [2.75, 3.05) is 5.32 Å². The molecule has 3 amide bonds. The van der Waals surface area contributed by atoms with Gasteiger partial charge in [0.15, 0.2) is 0 Å². The van der Waals surface area contributed by atoms with Crippen molar-refractivity contribution >= 4 is 34.3 Å². The monoisotopic (exact) mass is 365 g/mol. The minimum Gasteiger partial charge on any atom is -0.366 e. The number of nitrogens with two attached hydrogens (primary N) is 1. The van der Waals surface area contributed by atoms with E-state index in [0.29, 0.717) is 17.7 Å². The highest BCUT2D eigenvalue weighted by atomic mass is 16.2. The van der Waals surface area contributed by atoms with Crippen LogP contribution < -0.4 is 16.4 Å². The number of nitrogens with zero attached hydrogens (tertiary/aromatic N) is 1. The number of aromatic nitrogens is 2. The molecule has 1 atom stereocenters. The molecule has 1 unspecified atom stereocenters. The molecule has 0 aliphatic carbocycles. The van der Waals surface area contributed by atoms with Crippen LogP contribution in [-0.2, 0) is 4.79 Å². The van der Waals surface area contributed by atoms with Gasteiger partial charge in [0.2, 0.25) is 5.91 Å². The summed E-state index contributed by atoms with van der Waals surface area (Å²) in [5.41, 5.74) is 7.08. The van der Waals surface area contributed by atoms with Crippen molar-refractivity contribution in [3.05, 3.63) is 59.8 Å². The SMILES string of the molecule is CCC(NC(=O)c1ccc2[nH]ncc2c1)C(=O)Nc1ccccc1C(N)=O. The van der Waals surface area contributed by atoms with Gasteiger partial charge >= 0.3 is 0 Å². The Bertz CT molecular complexity index is 1010. The van der Waals surface area contributed by atoms with Crippen LogP contribution in [-0.4, -0.2) is 34.0 Å². The first-order chi connectivity index (χ1) is 13.0. The second-order valence-electron chi connectivity index (χ2n) is 6.01. The Balaban J connectivity index is 1.73. The van der Waals surface area contributed by atoms with Crippen LogP contribution in [0.5, 0.6) is 0 Å². The van der Waals surface area contributed by atoms with Gasteiger partial charge < -0.3 is 16.4 Å². The Morgan fingerprint density at radius 3 is 2.70 bits per heavy atom. The predicted octanol–water partition coefficient (Wildman–Crippen LogP) is 1.81. The molecule has 1 heterocycles. The van der Waals surface area contributed by atoms with Crippen LogP contribution in [0.2, 0.25) is 0 Å². The molecular weight excluding hydrogens is 346 g/mol. The molecule has 5 N–H and O–H groups in total. The van der Waals surface area contributed by atoms with Crippen LogP contribution in [0.15, 0.2) is 48.7 Å². The lowest BCUT2D eigenvalue weighted by Crippen LogP contribution is -2.43. The van der Waals surface area contributed by atoms with E-state index in [0.717, 1.165) is 10.9 Å². The van der Waals surface area contributed by atoms with Gasteiger partial charge in [-0.1, -0.05) is 19.1 Å². The van der Waals surface area contributed by atoms with Gasteiger partial charge in [-0.3, -0.25) is 19.5 Å². The van der Waals surface area contributed by atoms with Gasteiger partial charge in [0.05, 0.1) is 23.0 Å². The Morgan fingerprint density at radius 2 is 1.96 bits per heavy atom. The summed E-state index contributed by atoms with van der Waals surface area (Å²) in [6, 6.07) is 10.8. The quantitative estimate of drug-likeness (QED) is 0.531. The summed E-state index contributed by atoms with van der Waals surface area (Å²) >= 11 is 0. The van der Waals surface area contributed by atoms with E-state index in [9.17, 15) is 14.4 Å². The number of fused-ring (bicyclic) bond motifs is 1. The van der Waals surface area contributed by atoms with Crippen LogP contribution in [0.4, 0.5) is 5.69 Å². The first kappa shape index (κ1) is 18.1. The predicted molar refractivity (Wildman–Crippen MR) is 101 cm³/mol. The fraction of sp³-hybridized carbons (Fsp3) is 0.158. The highest BCUT2D eigenvalue weighted by molar-refractivity contribution is 6.06. The Morgan fingerprint density at radius 1 is 1.19 bits per heavy atom. The van der Waals surface area contributed by atoms with Crippen LogP contribution in [0.1, 0.15) is 34.1 Å². The van der Waals surface area contributed by atoms with Crippen molar-refractivity contribution in [3.8, 4) is 0 Å². The first-order valence-corrected chi connectivity index (χ1v) is 8.43. The van der Waals surface area contributed by atoms with Gasteiger partial charge in [0.1, 0.15) is 6.04 Å². The van der Waals surface area contributed by atoms with E-state index in [1.807, 2.05) is 0 Å². The lowest BCUT2D eigenvalue weighted by atomic mass is 10.1. The number of aromatic amines is 1. The molecule has 0 aliphatic heterocycles. The lowest BCUT2D eigenvalue weighted by Gasteiger charge is -2.18. The molecule has 0 spiro atoms. The van der Waals surface area contributed by atoms with Crippen LogP contribution in [0.3, 0.4) is 0 Å². The highest BCUT2D eigenvalue weighted by Crippen LogP contribution is 2.16. The average molecular weight is 365 g/mol. The van der Waals surface area contributed by atoms with Crippen LogP contribution in [0.25, 0.3) is 10.9 Å². The fourth-order valence-electron chi connectivity index (χ4n) is 2.71. The average Bonchev–Trinajstić information content (AvgIpc) is 3.13. The summed E-state index contributed by atoms with van der Waals surface area (Å²) in [6.45, 7) is 1.78. The zero-order chi connectivity index (χ0) is 19.4. The topological polar surface area (TPSA) is 130 Å². The molecule has 0 radical (unpaired) electrons. The molecule has 0 aliphatic rings.